The number of primary amides is 1. The third-order valence-electron chi connectivity index (χ3n) is 4.01. The lowest BCUT2D eigenvalue weighted by Gasteiger charge is -2.37. The topological polar surface area (TPSA) is 66.6 Å². The Morgan fingerprint density at radius 2 is 2.11 bits per heavy atom. The lowest BCUT2D eigenvalue weighted by molar-refractivity contribution is -0.124. The molecule has 1 fully saturated rings. The maximum absolute atomic E-state index is 11.3. The number of rotatable bonds is 4. The largest absolute Gasteiger partial charge is 0.387 e. The average Bonchev–Trinajstić information content (AvgIpc) is 2.42. The number of carbonyl (C=O) groups is 1. The normalized spacial score (nSPS) is 26.0. The van der Waals surface area contributed by atoms with E-state index >= 15 is 0 Å². The minimum absolute atomic E-state index is 0.0841. The number of aliphatic hydroxyl groups excluding tert-OH is 1. The van der Waals surface area contributed by atoms with Crippen LogP contribution >= 0.6 is 0 Å². The molecule has 0 aromatic heterocycles. The molecule has 1 saturated heterocycles. The van der Waals surface area contributed by atoms with Gasteiger partial charge in [-0.25, -0.2) is 0 Å². The molecule has 1 amide bonds. The molecule has 1 aromatic rings. The van der Waals surface area contributed by atoms with E-state index in [1.807, 2.05) is 30.3 Å². The summed E-state index contributed by atoms with van der Waals surface area (Å²) in [5.41, 5.74) is 6.30. The first kappa shape index (κ1) is 14.0. The Labute approximate surface area is 114 Å². The lowest BCUT2D eigenvalue weighted by atomic mass is 9.92. The summed E-state index contributed by atoms with van der Waals surface area (Å²) < 4.78 is 0. The van der Waals surface area contributed by atoms with Crippen molar-refractivity contribution in [2.24, 2.45) is 11.7 Å². The highest BCUT2D eigenvalue weighted by Crippen LogP contribution is 2.24. The van der Waals surface area contributed by atoms with Crippen molar-refractivity contribution in [2.75, 3.05) is 13.1 Å². The van der Waals surface area contributed by atoms with Gasteiger partial charge in [-0.1, -0.05) is 30.3 Å². The first-order valence-electron chi connectivity index (χ1n) is 6.84. The van der Waals surface area contributed by atoms with Crippen LogP contribution in [0.4, 0.5) is 0 Å². The van der Waals surface area contributed by atoms with Gasteiger partial charge in [-0.3, -0.25) is 9.69 Å². The number of amides is 1. The number of hydrogen-bond donors (Lipinski definition) is 2. The van der Waals surface area contributed by atoms with E-state index in [2.05, 4.69) is 11.8 Å². The van der Waals surface area contributed by atoms with Crippen molar-refractivity contribution in [3.63, 3.8) is 0 Å². The fourth-order valence-corrected chi connectivity index (χ4v) is 2.67. The van der Waals surface area contributed by atoms with Crippen LogP contribution in [0.3, 0.4) is 0 Å². The van der Waals surface area contributed by atoms with Crippen LogP contribution in [0.15, 0.2) is 30.3 Å². The van der Waals surface area contributed by atoms with Crippen molar-refractivity contribution in [2.45, 2.75) is 31.9 Å². The zero-order valence-corrected chi connectivity index (χ0v) is 11.3. The molecule has 104 valence electrons. The number of carbonyl (C=O) groups excluding carboxylic acids is 1. The van der Waals surface area contributed by atoms with Crippen molar-refractivity contribution in [1.29, 1.82) is 0 Å². The molecule has 0 spiro atoms. The van der Waals surface area contributed by atoms with Crippen LogP contribution in [-0.2, 0) is 4.79 Å². The van der Waals surface area contributed by atoms with E-state index in [0.717, 1.165) is 18.4 Å². The zero-order valence-electron chi connectivity index (χ0n) is 11.3. The van der Waals surface area contributed by atoms with Crippen LogP contribution in [0.25, 0.3) is 0 Å². The van der Waals surface area contributed by atoms with Crippen molar-refractivity contribution in [3.8, 4) is 0 Å². The first-order chi connectivity index (χ1) is 9.08. The van der Waals surface area contributed by atoms with Gasteiger partial charge < -0.3 is 10.8 Å². The molecular formula is C15H22N2O2. The van der Waals surface area contributed by atoms with Gasteiger partial charge in [0.25, 0.3) is 0 Å². The number of nitrogens with zero attached hydrogens (tertiary/aromatic N) is 1. The van der Waals surface area contributed by atoms with Gasteiger partial charge in [0.15, 0.2) is 0 Å². The monoisotopic (exact) mass is 262 g/mol. The van der Waals surface area contributed by atoms with Crippen molar-refractivity contribution < 1.29 is 9.90 Å². The summed E-state index contributed by atoms with van der Waals surface area (Å²) in [5.74, 6) is -0.315. The van der Waals surface area contributed by atoms with Gasteiger partial charge in [0.05, 0.1) is 12.0 Å². The van der Waals surface area contributed by atoms with Crippen LogP contribution in [0.5, 0.6) is 0 Å². The Bertz CT molecular complexity index is 421. The molecule has 0 aliphatic carbocycles. The van der Waals surface area contributed by atoms with Crippen LogP contribution in [-0.4, -0.2) is 35.0 Å². The van der Waals surface area contributed by atoms with E-state index in [-0.39, 0.29) is 11.8 Å². The molecule has 0 radical (unpaired) electrons. The maximum atomic E-state index is 11.3. The van der Waals surface area contributed by atoms with Gasteiger partial charge in [-0.05, 0) is 25.3 Å². The third kappa shape index (κ3) is 3.55. The van der Waals surface area contributed by atoms with Gasteiger partial charge >= 0.3 is 0 Å². The molecule has 1 heterocycles. The van der Waals surface area contributed by atoms with Gasteiger partial charge in [-0.2, -0.15) is 0 Å². The second-order valence-electron chi connectivity index (χ2n) is 5.41. The van der Waals surface area contributed by atoms with Gasteiger partial charge in [0, 0.05) is 19.1 Å². The van der Waals surface area contributed by atoms with E-state index in [9.17, 15) is 9.90 Å². The van der Waals surface area contributed by atoms with Crippen LogP contribution in [0.1, 0.15) is 31.4 Å². The highest BCUT2D eigenvalue weighted by molar-refractivity contribution is 5.76. The first-order valence-corrected chi connectivity index (χ1v) is 6.84. The molecule has 0 bridgehead atoms. The van der Waals surface area contributed by atoms with Crippen LogP contribution in [0.2, 0.25) is 0 Å². The van der Waals surface area contributed by atoms with Crippen molar-refractivity contribution in [1.82, 2.24) is 4.90 Å². The highest BCUT2D eigenvalue weighted by atomic mass is 16.3. The number of piperidine rings is 1. The minimum Gasteiger partial charge on any atom is -0.387 e. The minimum atomic E-state index is -0.518. The second-order valence-corrected chi connectivity index (χ2v) is 5.41. The van der Waals surface area contributed by atoms with Crippen LogP contribution in [0, 0.1) is 5.92 Å². The predicted molar refractivity (Wildman–Crippen MR) is 74.4 cm³/mol. The van der Waals surface area contributed by atoms with E-state index in [1.54, 1.807) is 0 Å². The number of aliphatic hydroxyl groups is 1. The van der Waals surface area contributed by atoms with Crippen molar-refractivity contribution in [3.05, 3.63) is 35.9 Å². The molecule has 2 rings (SSSR count). The van der Waals surface area contributed by atoms with Gasteiger partial charge in [0.1, 0.15) is 0 Å². The maximum Gasteiger partial charge on any atom is 0.221 e. The predicted octanol–water partition coefficient (Wildman–Crippen LogP) is 1.31. The number of nitrogens with two attached hydrogens (primary N) is 1. The van der Waals surface area contributed by atoms with E-state index in [1.165, 1.54) is 0 Å². The molecule has 4 nitrogen and oxygen atoms in total. The van der Waals surface area contributed by atoms with Gasteiger partial charge in [0.2, 0.25) is 5.91 Å². The molecule has 4 heteroatoms. The fourth-order valence-electron chi connectivity index (χ4n) is 2.67. The smallest absolute Gasteiger partial charge is 0.221 e. The molecule has 1 aliphatic rings. The lowest BCUT2D eigenvalue weighted by Crippen LogP contribution is -2.47. The van der Waals surface area contributed by atoms with E-state index < -0.39 is 6.10 Å². The summed E-state index contributed by atoms with van der Waals surface area (Å²) in [5, 5.41) is 10.3. The molecule has 3 N–H and O–H groups in total. The number of β-amino-alcohol motifs (C(OH)–C–C–N with tert-alkyl or cyclic N) is 1. The summed E-state index contributed by atoms with van der Waals surface area (Å²) in [7, 11) is 0. The SMILES string of the molecule is CC1CCC(C(N)=O)CN1CC(O)c1ccccc1. The summed E-state index contributed by atoms with van der Waals surface area (Å²) in [4.78, 5) is 13.5. The quantitative estimate of drug-likeness (QED) is 0.859. The molecule has 3 atom stereocenters. The Balaban J connectivity index is 1.98. The second kappa shape index (κ2) is 6.17. The Morgan fingerprint density at radius 1 is 1.42 bits per heavy atom. The summed E-state index contributed by atoms with van der Waals surface area (Å²) in [6, 6.07) is 10.0. The number of hydrogen-bond acceptors (Lipinski definition) is 3. The highest BCUT2D eigenvalue weighted by Gasteiger charge is 2.29. The molecule has 0 saturated carbocycles. The molecule has 19 heavy (non-hydrogen) atoms. The Kier molecular flexibility index (Phi) is 4.56. The number of likely N-dealkylation sites (tertiary alicyclic amines) is 1. The summed E-state index contributed by atoms with van der Waals surface area (Å²) >= 11 is 0. The third-order valence-corrected chi connectivity index (χ3v) is 4.01. The summed E-state index contributed by atoms with van der Waals surface area (Å²) in [6.07, 6.45) is 1.29. The Morgan fingerprint density at radius 3 is 2.74 bits per heavy atom. The van der Waals surface area contributed by atoms with E-state index in [4.69, 9.17) is 5.73 Å². The van der Waals surface area contributed by atoms with Crippen LogP contribution < -0.4 is 5.73 Å². The standard InChI is InChI=1S/C15H22N2O2/c1-11-7-8-13(15(16)19)9-17(11)10-14(18)12-5-3-2-4-6-12/h2-6,11,13-14,18H,7-10H2,1H3,(H2,16,19). The fraction of sp³-hybridized carbons (Fsp3) is 0.533. The Hall–Kier alpha value is -1.39. The molecule has 1 aromatic carbocycles. The van der Waals surface area contributed by atoms with Crippen molar-refractivity contribution >= 4 is 5.91 Å². The zero-order chi connectivity index (χ0) is 13.8. The van der Waals surface area contributed by atoms with E-state index in [0.29, 0.717) is 19.1 Å². The van der Waals surface area contributed by atoms with Gasteiger partial charge in [-0.15, -0.1) is 0 Å². The number of benzene rings is 1. The molecular weight excluding hydrogens is 240 g/mol. The molecule has 3 unspecified atom stereocenters. The summed E-state index contributed by atoms with van der Waals surface area (Å²) in [6.45, 7) is 3.34. The average molecular weight is 262 g/mol. The molecule has 1 aliphatic heterocycles.